The number of nitrogens with one attached hydrogen (secondary N) is 1. The molecule has 0 aliphatic rings. The van der Waals surface area contributed by atoms with E-state index in [2.05, 4.69) is 5.43 Å². The Morgan fingerprint density at radius 1 is 1.50 bits per heavy atom. The summed E-state index contributed by atoms with van der Waals surface area (Å²) in [7, 11) is 0. The molecular weight excluding hydrogens is 184 g/mol. The third kappa shape index (κ3) is 6.28. The number of hydrogen-bond acceptors (Lipinski definition) is 3. The molecule has 0 saturated heterocycles. The molecule has 5 heteroatoms. The fraction of sp³-hybridized carbons (Fsp3) is 0.778. The summed E-state index contributed by atoms with van der Waals surface area (Å²) in [6, 6.07) is 0. The third-order valence-electron chi connectivity index (χ3n) is 1.18. The second-order valence-electron chi connectivity index (χ2n) is 3.86. The van der Waals surface area contributed by atoms with Gasteiger partial charge in [-0.1, -0.05) is 6.92 Å². The molecule has 0 spiro atoms. The molecule has 0 aromatic rings. The number of carbonyl (C=O) groups excluding carboxylic acids is 2. The van der Waals surface area contributed by atoms with Crippen LogP contribution in [0.5, 0.6) is 0 Å². The number of nitrogens with zero attached hydrogens (tertiary/aromatic N) is 1. The molecule has 0 atom stereocenters. The van der Waals surface area contributed by atoms with Crippen LogP contribution in [0.2, 0.25) is 0 Å². The Morgan fingerprint density at radius 3 is 2.43 bits per heavy atom. The molecule has 0 aliphatic heterocycles. The first-order valence-electron chi connectivity index (χ1n) is 4.54. The molecule has 5 nitrogen and oxygen atoms in total. The normalized spacial score (nSPS) is 10.6. The van der Waals surface area contributed by atoms with E-state index in [-0.39, 0.29) is 0 Å². The van der Waals surface area contributed by atoms with Crippen LogP contribution in [0.1, 0.15) is 34.1 Å². The van der Waals surface area contributed by atoms with Crippen LogP contribution < -0.4 is 5.43 Å². The van der Waals surface area contributed by atoms with Crippen LogP contribution in [0.3, 0.4) is 0 Å². The largest absolute Gasteiger partial charge is 0.443 e. The summed E-state index contributed by atoms with van der Waals surface area (Å²) in [5.74, 6) is 0. The van der Waals surface area contributed by atoms with Gasteiger partial charge < -0.3 is 4.74 Å². The van der Waals surface area contributed by atoms with Crippen molar-refractivity contribution in [3.05, 3.63) is 0 Å². The zero-order chi connectivity index (χ0) is 11.2. The molecule has 0 saturated carbocycles. The highest BCUT2D eigenvalue weighted by atomic mass is 16.6. The van der Waals surface area contributed by atoms with Crippen molar-refractivity contribution in [2.45, 2.75) is 39.7 Å². The lowest BCUT2D eigenvalue weighted by molar-refractivity contribution is 0.0413. The van der Waals surface area contributed by atoms with Crippen LogP contribution >= 0.6 is 0 Å². The number of hydrogen-bond donors (Lipinski definition) is 1. The van der Waals surface area contributed by atoms with Crippen LogP contribution in [0.25, 0.3) is 0 Å². The van der Waals surface area contributed by atoms with Crippen LogP contribution in [0.15, 0.2) is 0 Å². The monoisotopic (exact) mass is 201 g/mol. The summed E-state index contributed by atoms with van der Waals surface area (Å²) in [5.41, 5.74) is 1.71. The second kappa shape index (κ2) is 5.47. The van der Waals surface area contributed by atoms with Gasteiger partial charge in [-0.2, -0.15) is 0 Å². The molecule has 14 heavy (non-hydrogen) atoms. The fourth-order valence-electron chi connectivity index (χ4n) is 0.759. The van der Waals surface area contributed by atoms with E-state index in [1.165, 1.54) is 0 Å². The third-order valence-corrected chi connectivity index (χ3v) is 1.18. The van der Waals surface area contributed by atoms with Gasteiger partial charge in [-0.15, -0.1) is 0 Å². The van der Waals surface area contributed by atoms with Crippen LogP contribution in [0.4, 0.5) is 4.79 Å². The SMILES string of the molecule is CCCN([C]=O)NC(=O)OC(C)(C)C. The van der Waals surface area contributed by atoms with E-state index < -0.39 is 11.7 Å². The second-order valence-corrected chi connectivity index (χ2v) is 3.86. The molecular formula is C9H17N2O3. The Hall–Kier alpha value is -1.26. The highest BCUT2D eigenvalue weighted by Gasteiger charge is 2.17. The number of ether oxygens (including phenoxy) is 1. The smallest absolute Gasteiger partial charge is 0.426 e. The van der Waals surface area contributed by atoms with Gasteiger partial charge in [-0.05, 0) is 27.2 Å². The fourth-order valence-corrected chi connectivity index (χ4v) is 0.759. The average molecular weight is 201 g/mol. The predicted octanol–water partition coefficient (Wildman–Crippen LogP) is 1.21. The summed E-state index contributed by atoms with van der Waals surface area (Å²) in [6.45, 7) is 7.56. The molecule has 1 radical (unpaired) electrons. The maximum absolute atomic E-state index is 11.1. The standard InChI is InChI=1S/C9H17N2O3/c1-5-6-11(7-12)10-8(13)14-9(2,3)4/h5-6H2,1-4H3,(H,10,13). The van der Waals surface area contributed by atoms with Gasteiger partial charge in [0.2, 0.25) is 0 Å². The van der Waals surface area contributed by atoms with Gasteiger partial charge in [0, 0.05) is 6.54 Å². The molecule has 0 bridgehead atoms. The van der Waals surface area contributed by atoms with E-state index in [9.17, 15) is 9.59 Å². The summed E-state index contributed by atoms with van der Waals surface area (Å²) in [6.07, 6.45) is 1.69. The van der Waals surface area contributed by atoms with Crippen LogP contribution in [-0.4, -0.2) is 29.7 Å². The van der Waals surface area contributed by atoms with Gasteiger partial charge in [-0.3, -0.25) is 4.79 Å². The van der Waals surface area contributed by atoms with E-state index in [1.807, 2.05) is 6.92 Å². The van der Waals surface area contributed by atoms with Crippen LogP contribution in [0, 0.1) is 0 Å². The van der Waals surface area contributed by atoms with E-state index in [4.69, 9.17) is 4.74 Å². The van der Waals surface area contributed by atoms with Gasteiger partial charge in [0.15, 0.2) is 0 Å². The Morgan fingerprint density at radius 2 is 2.07 bits per heavy atom. The molecule has 0 heterocycles. The first-order valence-corrected chi connectivity index (χ1v) is 4.54. The summed E-state index contributed by atoms with van der Waals surface area (Å²) >= 11 is 0. The maximum atomic E-state index is 11.1. The number of rotatable bonds is 4. The van der Waals surface area contributed by atoms with E-state index in [1.54, 1.807) is 27.2 Å². The van der Waals surface area contributed by atoms with E-state index >= 15 is 0 Å². The molecule has 0 aromatic carbocycles. The van der Waals surface area contributed by atoms with Crippen molar-refractivity contribution in [3.63, 3.8) is 0 Å². The highest BCUT2D eigenvalue weighted by molar-refractivity contribution is 5.69. The topological polar surface area (TPSA) is 58.6 Å². The Labute approximate surface area is 84.4 Å². The number of carbonyl (C=O) groups is 1. The van der Waals surface area contributed by atoms with Crippen molar-refractivity contribution < 1.29 is 14.3 Å². The van der Waals surface area contributed by atoms with Gasteiger partial charge in [0.1, 0.15) is 5.60 Å². The van der Waals surface area contributed by atoms with Crippen molar-refractivity contribution in [1.82, 2.24) is 10.4 Å². The minimum atomic E-state index is -0.644. The Balaban J connectivity index is 3.97. The van der Waals surface area contributed by atoms with Crippen molar-refractivity contribution in [2.24, 2.45) is 0 Å². The lowest BCUT2D eigenvalue weighted by atomic mass is 10.2. The van der Waals surface area contributed by atoms with Crippen molar-refractivity contribution in [2.75, 3.05) is 6.54 Å². The zero-order valence-corrected chi connectivity index (χ0v) is 9.09. The van der Waals surface area contributed by atoms with Crippen LogP contribution in [-0.2, 0) is 9.53 Å². The molecule has 2 amide bonds. The first-order chi connectivity index (χ1) is 6.39. The van der Waals surface area contributed by atoms with Crippen molar-refractivity contribution >= 4 is 12.5 Å². The Bertz CT molecular complexity index is 199. The summed E-state index contributed by atoms with van der Waals surface area (Å²) in [4.78, 5) is 21.5. The average Bonchev–Trinajstić information content (AvgIpc) is 2.00. The maximum Gasteiger partial charge on any atom is 0.426 e. The molecule has 0 aliphatic carbocycles. The highest BCUT2D eigenvalue weighted by Crippen LogP contribution is 2.06. The minimum Gasteiger partial charge on any atom is -0.443 e. The van der Waals surface area contributed by atoms with Gasteiger partial charge in [-0.25, -0.2) is 15.2 Å². The molecule has 81 valence electrons. The zero-order valence-electron chi connectivity index (χ0n) is 9.09. The molecule has 0 aromatic heterocycles. The van der Waals surface area contributed by atoms with Crippen molar-refractivity contribution in [1.29, 1.82) is 0 Å². The Kier molecular flexibility index (Phi) is 4.97. The molecule has 0 unspecified atom stereocenters. The van der Waals surface area contributed by atoms with Gasteiger partial charge >= 0.3 is 12.5 Å². The predicted molar refractivity (Wildman–Crippen MR) is 52.1 cm³/mol. The lowest BCUT2D eigenvalue weighted by Gasteiger charge is -2.22. The van der Waals surface area contributed by atoms with Gasteiger partial charge in [0.05, 0.1) is 0 Å². The summed E-state index contributed by atoms with van der Waals surface area (Å²) < 4.78 is 4.95. The first kappa shape index (κ1) is 12.7. The molecule has 0 fully saturated rings. The molecule has 0 rings (SSSR count). The lowest BCUT2D eigenvalue weighted by Crippen LogP contribution is -2.44. The number of amides is 2. The van der Waals surface area contributed by atoms with Gasteiger partial charge in [0.25, 0.3) is 0 Å². The minimum absolute atomic E-state index is 0.419. The van der Waals surface area contributed by atoms with Crippen molar-refractivity contribution in [3.8, 4) is 0 Å². The molecule has 1 N–H and O–H groups in total. The van der Waals surface area contributed by atoms with E-state index in [0.29, 0.717) is 6.54 Å². The summed E-state index contributed by atoms with van der Waals surface area (Å²) in [5, 5.41) is 1.04. The van der Waals surface area contributed by atoms with E-state index in [0.717, 1.165) is 11.4 Å². The quantitative estimate of drug-likeness (QED) is 0.549. The number of hydrazine groups is 1.